The molecule has 7 heteroatoms. The Morgan fingerprint density at radius 1 is 1.22 bits per heavy atom. The lowest BCUT2D eigenvalue weighted by Gasteiger charge is -2.25. The zero-order valence-electron chi connectivity index (χ0n) is 12.7. The Hall–Kier alpha value is -2.80. The normalized spacial score (nSPS) is 14.7. The number of aryl methyl sites for hydroxylation is 1. The van der Waals surface area contributed by atoms with Crippen LogP contribution in [0.2, 0.25) is 0 Å². The molecule has 1 aliphatic rings. The minimum Gasteiger partial charge on any atom is -0.315 e. The lowest BCUT2D eigenvalue weighted by atomic mass is 10.0. The van der Waals surface area contributed by atoms with E-state index in [-0.39, 0.29) is 11.8 Å². The van der Waals surface area contributed by atoms with Gasteiger partial charge in [-0.3, -0.25) is 14.5 Å². The first-order valence-electron chi connectivity index (χ1n) is 7.45. The summed E-state index contributed by atoms with van der Waals surface area (Å²) in [5.41, 5.74) is 1.80. The first-order valence-corrected chi connectivity index (χ1v) is 7.45. The first kappa shape index (κ1) is 13.8. The number of carbonyl (C=O) groups is 1. The molecule has 7 nitrogen and oxygen atoms in total. The van der Waals surface area contributed by atoms with Gasteiger partial charge in [0.25, 0.3) is 0 Å². The van der Waals surface area contributed by atoms with Crippen LogP contribution in [-0.2, 0) is 11.8 Å². The Balaban J connectivity index is 1.65. The minimum atomic E-state index is 0.0112. The van der Waals surface area contributed by atoms with E-state index in [1.165, 1.54) is 0 Å². The molecular weight excluding hydrogens is 292 g/mol. The molecule has 23 heavy (non-hydrogen) atoms. The summed E-state index contributed by atoms with van der Waals surface area (Å²) < 4.78 is 1.74. The second kappa shape index (κ2) is 5.44. The highest BCUT2D eigenvalue weighted by Crippen LogP contribution is 2.23. The summed E-state index contributed by atoms with van der Waals surface area (Å²) in [6.45, 7) is 1.46. The fourth-order valence-corrected chi connectivity index (χ4v) is 2.52. The van der Waals surface area contributed by atoms with Gasteiger partial charge in [0.05, 0.1) is 17.8 Å². The zero-order chi connectivity index (χ0) is 15.8. The van der Waals surface area contributed by atoms with E-state index >= 15 is 0 Å². The number of carbonyl (C=O) groups excluding carboxylic acids is 1. The van der Waals surface area contributed by atoms with Crippen molar-refractivity contribution in [1.29, 1.82) is 0 Å². The number of fused-ring (bicyclic) bond motifs is 1. The number of hydrogen-bond donors (Lipinski definition) is 2. The Labute approximate surface area is 132 Å². The van der Waals surface area contributed by atoms with Crippen molar-refractivity contribution in [2.75, 3.05) is 18.4 Å². The van der Waals surface area contributed by atoms with E-state index in [1.54, 1.807) is 23.3 Å². The van der Waals surface area contributed by atoms with E-state index in [2.05, 4.69) is 25.7 Å². The van der Waals surface area contributed by atoms with Gasteiger partial charge in [-0.25, -0.2) is 4.98 Å². The lowest BCUT2D eigenvalue weighted by molar-refractivity contribution is -0.121. The minimum absolute atomic E-state index is 0.0112. The molecule has 4 rings (SSSR count). The predicted octanol–water partition coefficient (Wildman–Crippen LogP) is 1.19. The van der Waals surface area contributed by atoms with E-state index in [4.69, 9.17) is 0 Å². The van der Waals surface area contributed by atoms with Crippen molar-refractivity contribution in [3.05, 3.63) is 36.9 Å². The molecule has 1 amide bonds. The number of nitrogens with one attached hydrogen (secondary N) is 2. The smallest absolute Gasteiger partial charge is 0.231 e. The second-order valence-corrected chi connectivity index (χ2v) is 5.73. The maximum Gasteiger partial charge on any atom is 0.231 e. The van der Waals surface area contributed by atoms with E-state index in [1.807, 2.05) is 25.4 Å². The Kier molecular flexibility index (Phi) is 3.27. The van der Waals surface area contributed by atoms with Crippen LogP contribution in [0.25, 0.3) is 22.0 Å². The lowest BCUT2D eigenvalue weighted by Crippen LogP contribution is -2.48. The number of nitrogens with zero attached hydrogens (tertiary/aromatic N) is 4. The highest BCUT2D eigenvalue weighted by Gasteiger charge is 2.25. The van der Waals surface area contributed by atoms with Crippen LogP contribution in [-0.4, -0.2) is 38.7 Å². The molecular formula is C16H16N6O. The summed E-state index contributed by atoms with van der Waals surface area (Å²) in [5.74, 6) is 0.616. The third-order valence-corrected chi connectivity index (χ3v) is 4.01. The van der Waals surface area contributed by atoms with Crippen molar-refractivity contribution in [2.45, 2.75) is 0 Å². The average Bonchev–Trinajstić information content (AvgIpc) is 2.91. The number of rotatable bonds is 3. The highest BCUT2D eigenvalue weighted by molar-refractivity contribution is 5.95. The van der Waals surface area contributed by atoms with Crippen LogP contribution in [0.1, 0.15) is 0 Å². The van der Waals surface area contributed by atoms with Crippen molar-refractivity contribution < 1.29 is 4.79 Å². The number of pyridine rings is 2. The monoisotopic (exact) mass is 308 g/mol. The fourth-order valence-electron chi connectivity index (χ4n) is 2.52. The summed E-state index contributed by atoms with van der Waals surface area (Å²) in [4.78, 5) is 20.7. The molecule has 0 bridgehead atoms. The fraction of sp³-hybridized carbons (Fsp3) is 0.250. The molecule has 0 aromatic carbocycles. The van der Waals surface area contributed by atoms with Crippen molar-refractivity contribution in [1.82, 2.24) is 25.1 Å². The SMILES string of the molecule is Cn1cc(-c2cc3cc(NC(=O)C4CNC4)ncc3cn2)cn1. The maximum absolute atomic E-state index is 12.0. The van der Waals surface area contributed by atoms with Crippen LogP contribution in [0.5, 0.6) is 0 Å². The van der Waals surface area contributed by atoms with Gasteiger partial charge in [0.2, 0.25) is 5.91 Å². The van der Waals surface area contributed by atoms with Crippen molar-refractivity contribution in [2.24, 2.45) is 13.0 Å². The topological polar surface area (TPSA) is 84.7 Å². The van der Waals surface area contributed by atoms with Crippen LogP contribution in [0.15, 0.2) is 36.9 Å². The summed E-state index contributed by atoms with van der Waals surface area (Å²) in [7, 11) is 1.87. The number of hydrogen-bond acceptors (Lipinski definition) is 5. The first-order chi connectivity index (χ1) is 11.2. The van der Waals surface area contributed by atoms with Gasteiger partial charge in [-0.15, -0.1) is 0 Å². The molecule has 116 valence electrons. The summed E-state index contributed by atoms with van der Waals surface area (Å²) in [6, 6.07) is 3.86. The molecule has 3 aromatic rings. The number of anilines is 1. The molecule has 1 fully saturated rings. The molecule has 0 aliphatic carbocycles. The third kappa shape index (κ3) is 2.66. The molecule has 1 saturated heterocycles. The molecule has 0 spiro atoms. The molecule has 2 N–H and O–H groups in total. The van der Waals surface area contributed by atoms with Gasteiger partial charge in [0.15, 0.2) is 0 Å². The van der Waals surface area contributed by atoms with E-state index in [0.29, 0.717) is 5.82 Å². The van der Waals surface area contributed by atoms with Gasteiger partial charge in [-0.2, -0.15) is 5.10 Å². The molecule has 4 heterocycles. The van der Waals surface area contributed by atoms with Gasteiger partial charge in [0, 0.05) is 49.7 Å². The Morgan fingerprint density at radius 2 is 2.04 bits per heavy atom. The third-order valence-electron chi connectivity index (χ3n) is 4.01. The largest absolute Gasteiger partial charge is 0.315 e. The summed E-state index contributed by atoms with van der Waals surface area (Å²) in [5, 5.41) is 12.0. The Bertz CT molecular complexity index is 883. The van der Waals surface area contributed by atoms with Crippen LogP contribution >= 0.6 is 0 Å². The van der Waals surface area contributed by atoms with Crippen LogP contribution in [0.3, 0.4) is 0 Å². The zero-order valence-corrected chi connectivity index (χ0v) is 12.7. The molecule has 0 unspecified atom stereocenters. The number of aromatic nitrogens is 4. The van der Waals surface area contributed by atoms with Crippen molar-refractivity contribution in [3.63, 3.8) is 0 Å². The quantitative estimate of drug-likeness (QED) is 0.759. The van der Waals surface area contributed by atoms with Crippen molar-refractivity contribution in [3.8, 4) is 11.3 Å². The van der Waals surface area contributed by atoms with Gasteiger partial charge in [0.1, 0.15) is 5.82 Å². The highest BCUT2D eigenvalue weighted by atomic mass is 16.2. The van der Waals surface area contributed by atoms with Gasteiger partial charge in [-0.1, -0.05) is 0 Å². The van der Waals surface area contributed by atoms with Crippen LogP contribution in [0, 0.1) is 5.92 Å². The summed E-state index contributed by atoms with van der Waals surface area (Å²) >= 11 is 0. The molecule has 1 aliphatic heterocycles. The standard InChI is InChI=1S/C16H16N6O/c1-22-9-13(8-20-22)14-2-10-3-15(19-7-11(10)6-18-14)21-16(23)12-4-17-5-12/h2-3,6-9,12,17H,4-5H2,1H3,(H,19,21,23). The second-order valence-electron chi connectivity index (χ2n) is 5.73. The predicted molar refractivity (Wildman–Crippen MR) is 86.7 cm³/mol. The van der Waals surface area contributed by atoms with E-state index in [9.17, 15) is 4.79 Å². The van der Waals surface area contributed by atoms with Gasteiger partial charge >= 0.3 is 0 Å². The maximum atomic E-state index is 12.0. The molecule has 0 saturated carbocycles. The number of amides is 1. The van der Waals surface area contributed by atoms with Crippen LogP contribution in [0.4, 0.5) is 5.82 Å². The van der Waals surface area contributed by atoms with Gasteiger partial charge in [-0.05, 0) is 17.5 Å². The van der Waals surface area contributed by atoms with Gasteiger partial charge < -0.3 is 10.6 Å². The average molecular weight is 308 g/mol. The van der Waals surface area contributed by atoms with E-state index in [0.717, 1.165) is 35.1 Å². The molecule has 0 atom stereocenters. The summed E-state index contributed by atoms with van der Waals surface area (Å²) in [6.07, 6.45) is 7.21. The van der Waals surface area contributed by atoms with E-state index < -0.39 is 0 Å². The Morgan fingerprint density at radius 3 is 2.74 bits per heavy atom. The molecule has 0 radical (unpaired) electrons. The van der Waals surface area contributed by atoms with Crippen LogP contribution < -0.4 is 10.6 Å². The van der Waals surface area contributed by atoms with Crippen molar-refractivity contribution >= 4 is 22.5 Å². The molecule has 3 aromatic heterocycles.